The number of benzene rings is 2. The van der Waals surface area contributed by atoms with Crippen LogP contribution in [0.15, 0.2) is 47.8 Å². The molecule has 3 aromatic rings. The van der Waals surface area contributed by atoms with Crippen molar-refractivity contribution in [2.45, 2.75) is 65.8 Å². The molecule has 0 bridgehead atoms. The second kappa shape index (κ2) is 12.5. The minimum Gasteiger partial charge on any atom is -0.491 e. The van der Waals surface area contributed by atoms with E-state index in [-0.39, 0.29) is 24.4 Å². The zero-order valence-electron chi connectivity index (χ0n) is 20.1. The molecule has 0 spiro atoms. The first-order valence-corrected chi connectivity index (χ1v) is 12.4. The third kappa shape index (κ3) is 7.53. The van der Waals surface area contributed by atoms with Crippen LogP contribution >= 0.6 is 11.3 Å². The number of carbonyl (C=O) groups is 1. The number of nitrogens with one attached hydrogen (secondary N) is 2. The number of anilines is 1. The summed E-state index contributed by atoms with van der Waals surface area (Å²) in [6.07, 6.45) is 2.03. The Balaban J connectivity index is 1.71. The Hall–Kier alpha value is -2.97. The molecule has 8 heteroatoms. The van der Waals surface area contributed by atoms with Crippen LogP contribution in [0.4, 0.5) is 9.52 Å². The highest BCUT2D eigenvalue weighted by Crippen LogP contribution is 2.26. The lowest BCUT2D eigenvalue weighted by Crippen LogP contribution is -2.27. The van der Waals surface area contributed by atoms with Crippen molar-refractivity contribution in [2.75, 3.05) is 5.32 Å². The van der Waals surface area contributed by atoms with E-state index in [4.69, 9.17) is 9.47 Å². The zero-order valence-corrected chi connectivity index (χ0v) is 20.9. The second-order valence-corrected chi connectivity index (χ2v) is 9.09. The molecule has 1 amide bonds. The molecule has 34 heavy (non-hydrogen) atoms. The molecule has 0 radical (unpaired) electrons. The van der Waals surface area contributed by atoms with Gasteiger partial charge < -0.3 is 14.8 Å². The Labute approximate surface area is 204 Å². The van der Waals surface area contributed by atoms with E-state index in [9.17, 15) is 9.18 Å². The zero-order chi connectivity index (χ0) is 24.5. The number of rotatable bonds is 12. The fraction of sp³-hybridized carbons (Fsp3) is 0.385. The van der Waals surface area contributed by atoms with Crippen LogP contribution in [0.1, 0.15) is 62.2 Å². The van der Waals surface area contributed by atoms with Crippen molar-refractivity contribution >= 4 is 22.4 Å². The van der Waals surface area contributed by atoms with E-state index < -0.39 is 0 Å². The number of amides is 1. The average Bonchev–Trinajstić information content (AvgIpc) is 3.26. The minimum atomic E-state index is -0.340. The topological polar surface area (TPSA) is 72.5 Å². The van der Waals surface area contributed by atoms with Crippen LogP contribution in [0.25, 0.3) is 0 Å². The highest BCUT2D eigenvalue weighted by molar-refractivity contribution is 7.14. The Bertz CT molecular complexity index is 1080. The van der Waals surface area contributed by atoms with Gasteiger partial charge in [0, 0.05) is 35.2 Å². The molecule has 2 N–H and O–H groups in total. The monoisotopic (exact) mass is 485 g/mol. The molecule has 0 fully saturated rings. The molecule has 1 heterocycles. The van der Waals surface area contributed by atoms with E-state index in [1.54, 1.807) is 36.4 Å². The molecular weight excluding hydrogens is 453 g/mol. The van der Waals surface area contributed by atoms with Crippen molar-refractivity contribution in [1.29, 1.82) is 0 Å². The average molecular weight is 486 g/mol. The molecule has 3 rings (SSSR count). The van der Waals surface area contributed by atoms with Crippen LogP contribution in [0, 0.1) is 5.82 Å². The van der Waals surface area contributed by atoms with E-state index in [0.717, 1.165) is 18.5 Å². The lowest BCUT2D eigenvalue weighted by atomic mass is 10.2. The number of carbonyl (C=O) groups excluding carboxylic acids is 1. The van der Waals surface area contributed by atoms with Crippen molar-refractivity contribution < 1.29 is 18.7 Å². The van der Waals surface area contributed by atoms with Crippen LogP contribution in [0.3, 0.4) is 0 Å². The van der Waals surface area contributed by atoms with Gasteiger partial charge in [0.25, 0.3) is 5.91 Å². The highest BCUT2D eigenvalue weighted by atomic mass is 32.1. The number of nitrogens with zero attached hydrogens (tertiary/aromatic N) is 1. The fourth-order valence-corrected chi connectivity index (χ4v) is 4.05. The first-order valence-electron chi connectivity index (χ1n) is 11.5. The van der Waals surface area contributed by atoms with Gasteiger partial charge in [0.05, 0.1) is 11.8 Å². The molecule has 0 aliphatic heterocycles. The summed E-state index contributed by atoms with van der Waals surface area (Å²) in [7, 11) is 0. The second-order valence-electron chi connectivity index (χ2n) is 8.23. The lowest BCUT2D eigenvalue weighted by Gasteiger charge is -2.14. The molecular formula is C26H32FN3O3S. The van der Waals surface area contributed by atoms with Gasteiger partial charge in [-0.15, -0.1) is 11.3 Å². The normalized spacial score (nSPS) is 11.1. The molecule has 0 aliphatic carbocycles. The van der Waals surface area contributed by atoms with Crippen molar-refractivity contribution in [3.05, 3.63) is 70.5 Å². The summed E-state index contributed by atoms with van der Waals surface area (Å²) in [5.41, 5.74) is 1.69. The summed E-state index contributed by atoms with van der Waals surface area (Å²) in [6.45, 7) is 8.81. The maximum Gasteiger partial charge on any atom is 0.257 e. The van der Waals surface area contributed by atoms with Crippen molar-refractivity contribution in [1.82, 2.24) is 10.3 Å². The van der Waals surface area contributed by atoms with Gasteiger partial charge in [-0.05, 0) is 44.9 Å². The van der Waals surface area contributed by atoms with E-state index in [2.05, 4.69) is 29.5 Å². The van der Waals surface area contributed by atoms with Gasteiger partial charge >= 0.3 is 0 Å². The van der Waals surface area contributed by atoms with Crippen LogP contribution < -0.4 is 20.1 Å². The standard InChI is InChI=1S/C26H32FN3O3S/c1-5-20(6-2)28-14-21-16-34-26(29-21)30-25(31)19-11-22(13-23(12-19)33-17(3)4)32-15-18-9-7-8-10-24(18)27/h7-13,16-17,20,28H,5-6,14-15H2,1-4H3,(H,29,30,31). The maximum atomic E-state index is 14.0. The lowest BCUT2D eigenvalue weighted by molar-refractivity contribution is 0.102. The summed E-state index contributed by atoms with van der Waals surface area (Å²) in [6, 6.07) is 11.9. The Morgan fingerprint density at radius 3 is 2.56 bits per heavy atom. The quantitative estimate of drug-likeness (QED) is 0.321. The summed E-state index contributed by atoms with van der Waals surface area (Å²) < 4.78 is 25.5. The molecule has 182 valence electrons. The first kappa shape index (κ1) is 25.6. The predicted molar refractivity (Wildman–Crippen MR) is 134 cm³/mol. The third-order valence-corrected chi connectivity index (χ3v) is 6.00. The van der Waals surface area contributed by atoms with Crippen LogP contribution in [-0.4, -0.2) is 23.0 Å². The number of hydrogen-bond acceptors (Lipinski definition) is 6. The molecule has 0 saturated carbocycles. The molecule has 2 aromatic carbocycles. The number of ether oxygens (including phenoxy) is 2. The van der Waals surface area contributed by atoms with E-state index in [1.807, 2.05) is 19.2 Å². The molecule has 0 saturated heterocycles. The van der Waals surface area contributed by atoms with Gasteiger partial charge in [0.1, 0.15) is 23.9 Å². The first-order chi connectivity index (χ1) is 16.4. The number of aromatic nitrogens is 1. The van der Waals surface area contributed by atoms with Crippen LogP contribution in [-0.2, 0) is 13.2 Å². The molecule has 0 aliphatic rings. The fourth-order valence-electron chi connectivity index (χ4n) is 3.34. The predicted octanol–water partition coefficient (Wildman–Crippen LogP) is 6.18. The van der Waals surface area contributed by atoms with E-state index in [1.165, 1.54) is 17.4 Å². The van der Waals surface area contributed by atoms with Gasteiger partial charge in [0.15, 0.2) is 5.13 Å². The summed E-state index contributed by atoms with van der Waals surface area (Å²) in [5, 5.41) is 8.78. The largest absolute Gasteiger partial charge is 0.491 e. The minimum absolute atomic E-state index is 0.0399. The molecule has 0 unspecified atom stereocenters. The number of hydrogen-bond donors (Lipinski definition) is 2. The Morgan fingerprint density at radius 2 is 1.85 bits per heavy atom. The van der Waals surface area contributed by atoms with E-state index in [0.29, 0.717) is 40.3 Å². The Morgan fingerprint density at radius 1 is 1.12 bits per heavy atom. The third-order valence-electron chi connectivity index (χ3n) is 5.20. The van der Waals surface area contributed by atoms with Crippen LogP contribution in [0.2, 0.25) is 0 Å². The van der Waals surface area contributed by atoms with Gasteiger partial charge in [0.2, 0.25) is 0 Å². The molecule has 0 atom stereocenters. The van der Waals surface area contributed by atoms with Gasteiger partial charge in [-0.3, -0.25) is 10.1 Å². The number of halogens is 1. The SMILES string of the molecule is CCC(CC)NCc1csc(NC(=O)c2cc(OCc3ccccc3F)cc(OC(C)C)c2)n1. The Kier molecular flexibility index (Phi) is 9.42. The van der Waals surface area contributed by atoms with Crippen molar-refractivity contribution in [2.24, 2.45) is 0 Å². The maximum absolute atomic E-state index is 14.0. The van der Waals surface area contributed by atoms with E-state index >= 15 is 0 Å². The summed E-state index contributed by atoms with van der Waals surface area (Å²) >= 11 is 1.38. The smallest absolute Gasteiger partial charge is 0.257 e. The van der Waals surface area contributed by atoms with Crippen molar-refractivity contribution in [3.63, 3.8) is 0 Å². The molecule has 1 aromatic heterocycles. The number of thiazole rings is 1. The summed E-state index contributed by atoms with van der Waals surface area (Å²) in [5.74, 6) is 0.258. The summed E-state index contributed by atoms with van der Waals surface area (Å²) in [4.78, 5) is 17.5. The van der Waals surface area contributed by atoms with Gasteiger partial charge in [-0.25, -0.2) is 9.37 Å². The van der Waals surface area contributed by atoms with Crippen LogP contribution in [0.5, 0.6) is 11.5 Å². The highest BCUT2D eigenvalue weighted by Gasteiger charge is 2.14. The van der Waals surface area contributed by atoms with Gasteiger partial charge in [-0.2, -0.15) is 0 Å². The molecule has 6 nitrogen and oxygen atoms in total. The van der Waals surface area contributed by atoms with Gasteiger partial charge in [-0.1, -0.05) is 32.0 Å². The van der Waals surface area contributed by atoms with Crippen molar-refractivity contribution in [3.8, 4) is 11.5 Å².